The first kappa shape index (κ1) is 13.3. The highest BCUT2D eigenvalue weighted by Crippen LogP contribution is 2.17. The first-order chi connectivity index (χ1) is 7.41. The van der Waals surface area contributed by atoms with Gasteiger partial charge in [-0.05, 0) is 24.6 Å². The molecule has 0 radical (unpaired) electrons. The number of hydrogen-bond acceptors (Lipinski definition) is 2. The van der Waals surface area contributed by atoms with Crippen molar-refractivity contribution in [1.29, 1.82) is 0 Å². The summed E-state index contributed by atoms with van der Waals surface area (Å²) < 4.78 is 14.1. The van der Waals surface area contributed by atoms with Crippen molar-refractivity contribution >= 4 is 21.7 Å². The quantitative estimate of drug-likeness (QED) is 0.925. The number of carbonyl (C=O) groups is 1. The maximum Gasteiger partial charge on any atom is 0.141 e. The van der Waals surface area contributed by atoms with Crippen LogP contribution in [-0.4, -0.2) is 11.8 Å². The molecule has 2 unspecified atom stereocenters. The van der Waals surface area contributed by atoms with Crippen LogP contribution in [0, 0.1) is 11.7 Å². The Balaban J connectivity index is 2.77. The number of halogens is 2. The second-order valence-corrected chi connectivity index (χ2v) is 4.94. The molecule has 0 fully saturated rings. The minimum atomic E-state index is -0.361. The molecule has 16 heavy (non-hydrogen) atoms. The van der Waals surface area contributed by atoms with Crippen LogP contribution >= 0.6 is 15.9 Å². The lowest BCUT2D eigenvalue weighted by atomic mass is 9.94. The number of benzene rings is 1. The topological polar surface area (TPSA) is 43.1 Å². The Bertz CT molecular complexity index is 393. The molecule has 0 heterocycles. The summed E-state index contributed by atoms with van der Waals surface area (Å²) in [5.41, 5.74) is 6.05. The van der Waals surface area contributed by atoms with E-state index in [1.165, 1.54) is 6.07 Å². The normalized spacial score (nSPS) is 14.6. The van der Waals surface area contributed by atoms with Crippen molar-refractivity contribution in [3.05, 3.63) is 34.1 Å². The van der Waals surface area contributed by atoms with E-state index in [2.05, 4.69) is 15.9 Å². The zero-order valence-electron chi connectivity index (χ0n) is 9.34. The van der Waals surface area contributed by atoms with Crippen LogP contribution in [0.2, 0.25) is 0 Å². The molecule has 0 saturated heterocycles. The summed E-state index contributed by atoms with van der Waals surface area (Å²) in [6, 6.07) is 4.50. The lowest BCUT2D eigenvalue weighted by molar-refractivity contribution is -0.122. The molecule has 4 heteroatoms. The highest BCUT2D eigenvalue weighted by atomic mass is 79.9. The van der Waals surface area contributed by atoms with Gasteiger partial charge in [0.2, 0.25) is 0 Å². The molecular formula is C12H15BrFNO. The van der Waals surface area contributed by atoms with Crippen LogP contribution in [0.4, 0.5) is 4.39 Å². The predicted molar refractivity (Wildman–Crippen MR) is 65.6 cm³/mol. The Kier molecular flexibility index (Phi) is 4.62. The van der Waals surface area contributed by atoms with Crippen molar-refractivity contribution in [2.24, 2.45) is 11.7 Å². The van der Waals surface area contributed by atoms with E-state index in [1.54, 1.807) is 26.0 Å². The Labute approximate surface area is 103 Å². The minimum absolute atomic E-state index is 0.0313. The molecule has 1 rings (SSSR count). The molecule has 1 aromatic rings. The SMILES string of the molecule is CC(N)C(C)C(=O)Cc1ccc(Br)cc1F. The molecule has 0 spiro atoms. The van der Waals surface area contributed by atoms with E-state index in [0.717, 1.165) is 0 Å². The van der Waals surface area contributed by atoms with Gasteiger partial charge in [0, 0.05) is 22.9 Å². The third-order valence-electron chi connectivity index (χ3n) is 2.68. The Morgan fingerprint density at radius 3 is 2.62 bits per heavy atom. The molecular weight excluding hydrogens is 273 g/mol. The van der Waals surface area contributed by atoms with E-state index in [-0.39, 0.29) is 30.0 Å². The molecule has 0 aromatic heterocycles. The molecule has 0 aliphatic carbocycles. The summed E-state index contributed by atoms with van der Waals surface area (Å²) in [6.07, 6.45) is 0.0990. The Hall–Kier alpha value is -0.740. The molecule has 1 aromatic carbocycles. The van der Waals surface area contributed by atoms with Gasteiger partial charge in [0.15, 0.2) is 0 Å². The first-order valence-electron chi connectivity index (χ1n) is 5.14. The van der Waals surface area contributed by atoms with Crippen LogP contribution in [0.25, 0.3) is 0 Å². The van der Waals surface area contributed by atoms with E-state index in [0.29, 0.717) is 10.0 Å². The molecule has 0 saturated carbocycles. The van der Waals surface area contributed by atoms with Crippen molar-refractivity contribution in [2.75, 3.05) is 0 Å². The largest absolute Gasteiger partial charge is 0.327 e. The summed E-state index contributed by atoms with van der Waals surface area (Å²) in [5, 5.41) is 0. The standard InChI is InChI=1S/C12H15BrFNO/c1-7(8(2)15)12(16)5-9-3-4-10(13)6-11(9)14/h3-4,6-8H,5,15H2,1-2H3. The zero-order valence-corrected chi connectivity index (χ0v) is 10.9. The fourth-order valence-electron chi connectivity index (χ4n) is 1.31. The second kappa shape index (κ2) is 5.55. The van der Waals surface area contributed by atoms with Gasteiger partial charge in [0.1, 0.15) is 11.6 Å². The average molecular weight is 288 g/mol. The van der Waals surface area contributed by atoms with Gasteiger partial charge < -0.3 is 5.73 Å². The van der Waals surface area contributed by atoms with Gasteiger partial charge >= 0.3 is 0 Å². The van der Waals surface area contributed by atoms with Crippen LogP contribution in [0.15, 0.2) is 22.7 Å². The number of hydrogen-bond donors (Lipinski definition) is 1. The third-order valence-corrected chi connectivity index (χ3v) is 3.17. The van der Waals surface area contributed by atoms with Crippen molar-refractivity contribution in [3.8, 4) is 0 Å². The lowest BCUT2D eigenvalue weighted by Gasteiger charge is -2.14. The number of ketones is 1. The summed E-state index contributed by atoms with van der Waals surface area (Å²) in [4.78, 5) is 11.7. The van der Waals surface area contributed by atoms with E-state index in [9.17, 15) is 9.18 Å². The molecule has 2 nitrogen and oxygen atoms in total. The van der Waals surface area contributed by atoms with E-state index >= 15 is 0 Å². The lowest BCUT2D eigenvalue weighted by Crippen LogP contribution is -2.31. The third kappa shape index (κ3) is 3.39. The molecule has 0 aliphatic rings. The van der Waals surface area contributed by atoms with E-state index in [1.807, 2.05) is 0 Å². The molecule has 2 atom stereocenters. The van der Waals surface area contributed by atoms with Gasteiger partial charge in [-0.15, -0.1) is 0 Å². The fourth-order valence-corrected chi connectivity index (χ4v) is 1.64. The van der Waals surface area contributed by atoms with Crippen molar-refractivity contribution < 1.29 is 9.18 Å². The van der Waals surface area contributed by atoms with Crippen LogP contribution in [0.5, 0.6) is 0 Å². The Morgan fingerprint density at radius 1 is 1.50 bits per heavy atom. The van der Waals surface area contributed by atoms with Crippen molar-refractivity contribution in [2.45, 2.75) is 26.3 Å². The van der Waals surface area contributed by atoms with Gasteiger partial charge in [-0.3, -0.25) is 4.79 Å². The van der Waals surface area contributed by atoms with Crippen LogP contribution < -0.4 is 5.73 Å². The smallest absolute Gasteiger partial charge is 0.141 e. The molecule has 0 bridgehead atoms. The number of Topliss-reactive ketones (excluding diaryl/α,β-unsaturated/α-hetero) is 1. The van der Waals surface area contributed by atoms with Gasteiger partial charge in [0.25, 0.3) is 0 Å². The highest BCUT2D eigenvalue weighted by molar-refractivity contribution is 9.10. The second-order valence-electron chi connectivity index (χ2n) is 4.03. The van der Waals surface area contributed by atoms with Crippen LogP contribution in [0.1, 0.15) is 19.4 Å². The van der Waals surface area contributed by atoms with Crippen LogP contribution in [0.3, 0.4) is 0 Å². The molecule has 2 N–H and O–H groups in total. The van der Waals surface area contributed by atoms with E-state index in [4.69, 9.17) is 5.73 Å². The van der Waals surface area contributed by atoms with E-state index < -0.39 is 0 Å². The minimum Gasteiger partial charge on any atom is -0.327 e. The fraction of sp³-hybridized carbons (Fsp3) is 0.417. The van der Waals surface area contributed by atoms with Crippen molar-refractivity contribution in [1.82, 2.24) is 0 Å². The summed E-state index contributed by atoms with van der Waals surface area (Å²) in [6.45, 7) is 3.55. The average Bonchev–Trinajstić information content (AvgIpc) is 2.20. The number of carbonyl (C=O) groups excluding carboxylic acids is 1. The van der Waals surface area contributed by atoms with Gasteiger partial charge in [0.05, 0.1) is 0 Å². The maximum atomic E-state index is 13.5. The number of rotatable bonds is 4. The van der Waals surface area contributed by atoms with Gasteiger partial charge in [-0.25, -0.2) is 4.39 Å². The maximum absolute atomic E-state index is 13.5. The molecule has 0 amide bonds. The van der Waals surface area contributed by atoms with Crippen LogP contribution in [-0.2, 0) is 11.2 Å². The summed E-state index contributed by atoms with van der Waals surface area (Å²) in [7, 11) is 0. The predicted octanol–water partition coefficient (Wildman–Crippen LogP) is 2.68. The zero-order chi connectivity index (χ0) is 12.3. The van der Waals surface area contributed by atoms with Crippen molar-refractivity contribution in [3.63, 3.8) is 0 Å². The first-order valence-corrected chi connectivity index (χ1v) is 5.93. The Morgan fingerprint density at radius 2 is 2.12 bits per heavy atom. The number of nitrogens with two attached hydrogens (primary N) is 1. The summed E-state index contributed by atoms with van der Waals surface area (Å²) in [5.74, 6) is -0.640. The van der Waals surface area contributed by atoms with Gasteiger partial charge in [-0.2, -0.15) is 0 Å². The molecule has 88 valence electrons. The molecule has 0 aliphatic heterocycles. The summed E-state index contributed by atoms with van der Waals surface area (Å²) >= 11 is 3.17. The van der Waals surface area contributed by atoms with Gasteiger partial charge in [-0.1, -0.05) is 28.9 Å². The highest BCUT2D eigenvalue weighted by Gasteiger charge is 2.18. The monoisotopic (exact) mass is 287 g/mol.